The standard InChI is InChI=1S/C5H6ClOP/c6-8-3-4-1-2-5(8)7-4/h1-2,4-5H,3H2/t4-,5-,8-/m1/s1. The smallest absolute Gasteiger partial charge is 0.110 e. The fraction of sp³-hybridized carbons (Fsp3) is 0.600. The van der Waals surface area contributed by atoms with E-state index in [1.54, 1.807) is 0 Å². The molecule has 2 heterocycles. The average Bonchev–Trinajstić information content (AvgIpc) is 2.23. The summed E-state index contributed by atoms with van der Waals surface area (Å²) in [5, 5.41) is 0. The zero-order valence-electron chi connectivity index (χ0n) is 4.25. The minimum atomic E-state index is -0.316. The topological polar surface area (TPSA) is 9.23 Å². The highest BCUT2D eigenvalue weighted by atomic mass is 35.7. The van der Waals surface area contributed by atoms with Crippen LogP contribution in [0, 0.1) is 0 Å². The van der Waals surface area contributed by atoms with Crippen molar-refractivity contribution in [3.8, 4) is 0 Å². The summed E-state index contributed by atoms with van der Waals surface area (Å²) in [5.41, 5.74) is 0. The summed E-state index contributed by atoms with van der Waals surface area (Å²) in [7, 11) is -0.316. The number of rotatable bonds is 0. The van der Waals surface area contributed by atoms with Crippen molar-refractivity contribution in [3.05, 3.63) is 12.2 Å². The van der Waals surface area contributed by atoms with Crippen LogP contribution >= 0.6 is 18.5 Å². The molecule has 0 aromatic heterocycles. The molecule has 1 saturated heterocycles. The second kappa shape index (κ2) is 1.70. The zero-order chi connectivity index (χ0) is 5.56. The summed E-state index contributed by atoms with van der Waals surface area (Å²) < 4.78 is 5.37. The Morgan fingerprint density at radius 2 is 2.50 bits per heavy atom. The maximum Gasteiger partial charge on any atom is 0.110 e. The highest BCUT2D eigenvalue weighted by Crippen LogP contribution is 2.56. The van der Waals surface area contributed by atoms with Crippen LogP contribution in [0.25, 0.3) is 0 Å². The fourth-order valence-electron chi connectivity index (χ4n) is 1.03. The van der Waals surface area contributed by atoms with Crippen LogP contribution in [0.15, 0.2) is 12.2 Å². The SMILES string of the molecule is Cl[P@]1C[C@H]2C=C[C@@H]1O2. The molecule has 2 aliphatic heterocycles. The summed E-state index contributed by atoms with van der Waals surface area (Å²) in [6, 6.07) is 0. The third-order valence-electron chi connectivity index (χ3n) is 1.44. The molecule has 0 spiro atoms. The van der Waals surface area contributed by atoms with Gasteiger partial charge in [0.2, 0.25) is 0 Å². The number of hydrogen-bond acceptors (Lipinski definition) is 1. The lowest BCUT2D eigenvalue weighted by atomic mass is 10.4. The van der Waals surface area contributed by atoms with Crippen molar-refractivity contribution in [1.82, 2.24) is 0 Å². The summed E-state index contributed by atoms with van der Waals surface area (Å²) in [4.78, 5) is 0. The van der Waals surface area contributed by atoms with Crippen molar-refractivity contribution >= 4 is 18.5 Å². The van der Waals surface area contributed by atoms with Gasteiger partial charge in [0.15, 0.2) is 0 Å². The normalized spacial score (nSPS) is 50.9. The molecule has 0 unspecified atom stereocenters. The lowest BCUT2D eigenvalue weighted by Crippen LogP contribution is -1.99. The molecule has 0 radical (unpaired) electrons. The Morgan fingerprint density at radius 3 is 2.75 bits per heavy atom. The fourth-order valence-corrected chi connectivity index (χ4v) is 3.10. The molecular weight excluding hydrogens is 142 g/mol. The van der Waals surface area contributed by atoms with Crippen molar-refractivity contribution in [1.29, 1.82) is 0 Å². The van der Waals surface area contributed by atoms with Gasteiger partial charge < -0.3 is 4.74 Å². The summed E-state index contributed by atoms with van der Waals surface area (Å²) in [5.74, 6) is 0.289. The predicted molar refractivity (Wildman–Crippen MR) is 35.4 cm³/mol. The first-order chi connectivity index (χ1) is 3.86. The van der Waals surface area contributed by atoms with E-state index in [1.165, 1.54) is 0 Å². The molecule has 2 rings (SSSR count). The molecule has 0 N–H and O–H groups in total. The van der Waals surface area contributed by atoms with Crippen LogP contribution in [-0.2, 0) is 4.74 Å². The van der Waals surface area contributed by atoms with E-state index in [0.29, 0.717) is 6.10 Å². The summed E-state index contributed by atoms with van der Waals surface area (Å²) in [6.45, 7) is 0. The highest BCUT2D eigenvalue weighted by molar-refractivity contribution is 7.84. The third kappa shape index (κ3) is 0.621. The molecule has 0 saturated carbocycles. The van der Waals surface area contributed by atoms with Crippen LogP contribution in [0.4, 0.5) is 0 Å². The summed E-state index contributed by atoms with van der Waals surface area (Å²) >= 11 is 5.90. The van der Waals surface area contributed by atoms with Gasteiger partial charge >= 0.3 is 0 Å². The number of hydrogen-bond donors (Lipinski definition) is 0. The second-order valence-electron chi connectivity index (χ2n) is 2.03. The Hall–Kier alpha value is 0.420. The minimum Gasteiger partial charge on any atom is -0.361 e. The van der Waals surface area contributed by atoms with Crippen LogP contribution in [0.5, 0.6) is 0 Å². The van der Waals surface area contributed by atoms with Gasteiger partial charge in [-0.1, -0.05) is 23.4 Å². The van der Waals surface area contributed by atoms with Crippen LogP contribution < -0.4 is 0 Å². The van der Waals surface area contributed by atoms with Gasteiger partial charge in [0.05, 0.1) is 6.10 Å². The van der Waals surface area contributed by atoms with E-state index in [1.807, 2.05) is 0 Å². The Kier molecular flexibility index (Phi) is 1.11. The Morgan fingerprint density at radius 1 is 1.62 bits per heavy atom. The Balaban J connectivity index is 2.23. The van der Waals surface area contributed by atoms with Gasteiger partial charge in [0, 0.05) is 13.4 Å². The van der Waals surface area contributed by atoms with Crippen LogP contribution in [0.2, 0.25) is 0 Å². The third-order valence-corrected chi connectivity index (χ3v) is 3.98. The molecule has 1 nitrogen and oxygen atoms in total. The van der Waals surface area contributed by atoms with Crippen molar-refractivity contribution in [3.63, 3.8) is 0 Å². The van der Waals surface area contributed by atoms with E-state index < -0.39 is 0 Å². The first-order valence-electron chi connectivity index (χ1n) is 2.62. The van der Waals surface area contributed by atoms with Gasteiger partial charge in [-0.2, -0.15) is 0 Å². The predicted octanol–water partition coefficient (Wildman–Crippen LogP) is 1.92. The molecule has 2 aliphatic rings. The lowest BCUT2D eigenvalue weighted by molar-refractivity contribution is 0.141. The van der Waals surface area contributed by atoms with Gasteiger partial charge in [-0.15, -0.1) is 0 Å². The molecular formula is C5H6ClOP. The van der Waals surface area contributed by atoms with Gasteiger partial charge in [-0.25, -0.2) is 0 Å². The number of ether oxygens (including phenoxy) is 1. The first kappa shape index (κ1) is 5.22. The Labute approximate surface area is 54.2 Å². The molecule has 3 heteroatoms. The van der Waals surface area contributed by atoms with E-state index in [2.05, 4.69) is 12.2 Å². The first-order valence-corrected chi connectivity index (χ1v) is 5.12. The molecule has 3 atom stereocenters. The monoisotopic (exact) mass is 148 g/mol. The average molecular weight is 149 g/mol. The Bertz CT molecular complexity index is 136. The second-order valence-corrected chi connectivity index (χ2v) is 5.01. The van der Waals surface area contributed by atoms with E-state index in [9.17, 15) is 0 Å². The molecule has 8 heavy (non-hydrogen) atoms. The molecule has 0 amide bonds. The van der Waals surface area contributed by atoms with E-state index in [-0.39, 0.29) is 13.1 Å². The highest BCUT2D eigenvalue weighted by Gasteiger charge is 2.35. The van der Waals surface area contributed by atoms with Gasteiger partial charge in [0.25, 0.3) is 0 Å². The van der Waals surface area contributed by atoms with Crippen LogP contribution in [-0.4, -0.2) is 18.1 Å². The van der Waals surface area contributed by atoms with Gasteiger partial charge in [-0.3, -0.25) is 0 Å². The van der Waals surface area contributed by atoms with Gasteiger partial charge in [0.1, 0.15) is 5.85 Å². The van der Waals surface area contributed by atoms with E-state index >= 15 is 0 Å². The molecule has 1 fully saturated rings. The molecule has 0 aromatic carbocycles. The van der Waals surface area contributed by atoms with Crippen molar-refractivity contribution in [2.45, 2.75) is 11.9 Å². The van der Waals surface area contributed by atoms with E-state index in [4.69, 9.17) is 16.0 Å². The molecule has 2 bridgehead atoms. The summed E-state index contributed by atoms with van der Waals surface area (Å²) in [6.07, 6.45) is 5.61. The van der Waals surface area contributed by atoms with Crippen LogP contribution in [0.1, 0.15) is 0 Å². The zero-order valence-corrected chi connectivity index (χ0v) is 5.90. The minimum absolute atomic E-state index is 0.289. The molecule has 44 valence electrons. The van der Waals surface area contributed by atoms with Crippen molar-refractivity contribution in [2.75, 3.05) is 6.16 Å². The molecule has 0 aliphatic carbocycles. The molecule has 0 aromatic rings. The number of fused-ring (bicyclic) bond motifs is 2. The number of halogens is 1. The van der Waals surface area contributed by atoms with E-state index in [0.717, 1.165) is 6.16 Å². The maximum absolute atomic E-state index is 5.90. The van der Waals surface area contributed by atoms with Crippen LogP contribution in [0.3, 0.4) is 0 Å². The quantitative estimate of drug-likeness (QED) is 0.377. The largest absolute Gasteiger partial charge is 0.361 e. The van der Waals surface area contributed by atoms with Crippen molar-refractivity contribution in [2.24, 2.45) is 0 Å². The lowest BCUT2D eigenvalue weighted by Gasteiger charge is -2.03. The maximum atomic E-state index is 5.90. The van der Waals surface area contributed by atoms with Crippen molar-refractivity contribution < 1.29 is 4.74 Å². The van der Waals surface area contributed by atoms with Gasteiger partial charge in [-0.05, 0) is 0 Å².